The minimum atomic E-state index is -4.32. The Balaban J connectivity index is 2.51. The van der Waals surface area contributed by atoms with Crippen LogP contribution in [0.2, 0.25) is 0 Å². The van der Waals surface area contributed by atoms with Gasteiger partial charge in [0, 0.05) is 6.42 Å². The van der Waals surface area contributed by atoms with E-state index >= 15 is 0 Å². The average molecular weight is 268 g/mol. The highest BCUT2D eigenvalue weighted by Gasteiger charge is 2.38. The number of hydrogen-bond donors (Lipinski definition) is 2. The first-order valence-electron chi connectivity index (χ1n) is 5.43. The second-order valence-corrected chi connectivity index (χ2v) is 4.76. The maximum Gasteiger partial charge on any atom is 0.389 e. The molecule has 0 aromatic carbocycles. The van der Waals surface area contributed by atoms with Crippen LogP contribution in [0, 0.1) is 0 Å². The molecule has 98 valence electrons. The molecule has 0 unspecified atom stereocenters. The number of nitrogens with two attached hydrogens (primary N) is 1. The van der Waals surface area contributed by atoms with Crippen molar-refractivity contribution in [3.63, 3.8) is 0 Å². The van der Waals surface area contributed by atoms with Crippen LogP contribution in [0.3, 0.4) is 0 Å². The van der Waals surface area contributed by atoms with Crippen molar-refractivity contribution in [2.24, 2.45) is 5.73 Å². The van der Waals surface area contributed by atoms with Gasteiger partial charge in [0.1, 0.15) is 0 Å². The van der Waals surface area contributed by atoms with E-state index in [0.29, 0.717) is 12.8 Å². The summed E-state index contributed by atoms with van der Waals surface area (Å²) in [6, 6.07) is 0. The predicted molar refractivity (Wildman–Crippen MR) is 61.4 cm³/mol. The van der Waals surface area contributed by atoms with Gasteiger partial charge in [-0.25, -0.2) is 0 Å². The maximum atomic E-state index is 12.0. The Kier molecular flexibility index (Phi) is 4.35. The fourth-order valence-corrected chi connectivity index (χ4v) is 2.25. The molecule has 1 amide bonds. The average Bonchev–Trinajstić information content (AvgIpc) is 2.63. The second kappa shape index (κ2) is 5.20. The van der Waals surface area contributed by atoms with Crippen molar-refractivity contribution in [2.45, 2.75) is 50.2 Å². The smallest absolute Gasteiger partial charge is 0.389 e. The molecule has 3 N–H and O–H groups in total. The Labute approximate surface area is 103 Å². The molecule has 17 heavy (non-hydrogen) atoms. The molecule has 0 aromatic heterocycles. The van der Waals surface area contributed by atoms with Crippen molar-refractivity contribution in [1.29, 1.82) is 0 Å². The Morgan fingerprint density at radius 3 is 2.29 bits per heavy atom. The lowest BCUT2D eigenvalue weighted by Gasteiger charge is -2.29. The third-order valence-corrected chi connectivity index (χ3v) is 3.33. The van der Waals surface area contributed by atoms with Gasteiger partial charge >= 0.3 is 6.18 Å². The first-order chi connectivity index (χ1) is 7.75. The van der Waals surface area contributed by atoms with Crippen molar-refractivity contribution >= 4 is 23.1 Å². The summed E-state index contributed by atoms with van der Waals surface area (Å²) in [4.78, 5) is 11.6. The summed E-state index contributed by atoms with van der Waals surface area (Å²) < 4.78 is 35.9. The Morgan fingerprint density at radius 1 is 1.35 bits per heavy atom. The molecule has 0 bridgehead atoms. The van der Waals surface area contributed by atoms with Gasteiger partial charge in [0.2, 0.25) is 5.91 Å². The first-order valence-corrected chi connectivity index (χ1v) is 5.84. The molecular formula is C10H15F3N2OS. The zero-order chi connectivity index (χ0) is 13.1. The fourth-order valence-electron chi connectivity index (χ4n) is 2.00. The molecule has 0 aliphatic heterocycles. The van der Waals surface area contributed by atoms with Crippen molar-refractivity contribution in [2.75, 3.05) is 0 Å². The maximum absolute atomic E-state index is 12.0. The largest absolute Gasteiger partial charge is 0.391 e. The number of hydrogen-bond acceptors (Lipinski definition) is 2. The summed E-state index contributed by atoms with van der Waals surface area (Å²) in [5.74, 6) is -0.642. The minimum Gasteiger partial charge on any atom is -0.391 e. The Hall–Kier alpha value is -0.850. The molecule has 3 nitrogen and oxygen atoms in total. The van der Waals surface area contributed by atoms with E-state index in [9.17, 15) is 18.0 Å². The van der Waals surface area contributed by atoms with Gasteiger partial charge in [-0.05, 0) is 12.8 Å². The van der Waals surface area contributed by atoms with E-state index in [1.165, 1.54) is 0 Å². The summed E-state index contributed by atoms with van der Waals surface area (Å²) in [5.41, 5.74) is 4.79. The van der Waals surface area contributed by atoms with Gasteiger partial charge in [-0.15, -0.1) is 0 Å². The van der Waals surface area contributed by atoms with Gasteiger partial charge in [-0.3, -0.25) is 4.79 Å². The molecule has 1 fully saturated rings. The van der Waals surface area contributed by atoms with E-state index in [0.717, 1.165) is 12.8 Å². The van der Waals surface area contributed by atoms with Crippen LogP contribution in [-0.4, -0.2) is 22.6 Å². The summed E-state index contributed by atoms with van der Waals surface area (Å²) in [5, 5.41) is 2.56. The number of rotatable bonds is 4. The highest BCUT2D eigenvalue weighted by molar-refractivity contribution is 7.80. The molecule has 0 heterocycles. The van der Waals surface area contributed by atoms with E-state index in [-0.39, 0.29) is 4.99 Å². The van der Waals surface area contributed by atoms with E-state index in [1.807, 2.05) is 0 Å². The van der Waals surface area contributed by atoms with Gasteiger partial charge in [-0.1, -0.05) is 25.1 Å². The van der Waals surface area contributed by atoms with E-state index < -0.39 is 30.5 Å². The lowest BCUT2D eigenvalue weighted by atomic mass is 9.97. The third kappa shape index (κ3) is 4.14. The monoisotopic (exact) mass is 268 g/mol. The van der Waals surface area contributed by atoms with Crippen LogP contribution < -0.4 is 11.1 Å². The van der Waals surface area contributed by atoms with Crippen LogP contribution in [0.1, 0.15) is 38.5 Å². The fraction of sp³-hybridized carbons (Fsp3) is 0.800. The molecule has 0 aromatic rings. The number of amides is 1. The van der Waals surface area contributed by atoms with Crippen LogP contribution in [0.15, 0.2) is 0 Å². The van der Waals surface area contributed by atoms with Gasteiger partial charge < -0.3 is 11.1 Å². The first kappa shape index (κ1) is 14.2. The molecule has 0 radical (unpaired) electrons. The van der Waals surface area contributed by atoms with Crippen LogP contribution >= 0.6 is 12.2 Å². The Bertz CT molecular complexity index is 311. The SMILES string of the molecule is NC(=S)C1(NC(=O)CCC(F)(F)F)CCCC1. The number of nitrogens with one attached hydrogen (secondary N) is 1. The summed E-state index contributed by atoms with van der Waals surface area (Å²) >= 11 is 4.88. The number of halogens is 3. The number of carbonyl (C=O) groups is 1. The zero-order valence-corrected chi connectivity index (χ0v) is 10.1. The quantitative estimate of drug-likeness (QED) is 0.767. The third-order valence-electron chi connectivity index (χ3n) is 2.94. The zero-order valence-electron chi connectivity index (χ0n) is 9.27. The predicted octanol–water partition coefficient (Wildman–Crippen LogP) is 2.04. The van der Waals surface area contributed by atoms with Crippen molar-refractivity contribution in [1.82, 2.24) is 5.32 Å². The molecule has 1 aliphatic rings. The van der Waals surface area contributed by atoms with Crippen molar-refractivity contribution in [3.05, 3.63) is 0 Å². The molecule has 0 spiro atoms. The summed E-state index contributed by atoms with van der Waals surface area (Å²) in [6.07, 6.45) is -3.04. The van der Waals surface area contributed by atoms with Gasteiger partial charge in [0.05, 0.1) is 16.9 Å². The van der Waals surface area contributed by atoms with E-state index in [2.05, 4.69) is 5.32 Å². The van der Waals surface area contributed by atoms with Crippen LogP contribution in [0.4, 0.5) is 13.2 Å². The minimum absolute atomic E-state index is 0.162. The number of alkyl halides is 3. The summed E-state index contributed by atoms with van der Waals surface area (Å²) in [6.45, 7) is 0. The van der Waals surface area contributed by atoms with Crippen molar-refractivity contribution < 1.29 is 18.0 Å². The van der Waals surface area contributed by atoms with Crippen LogP contribution in [0.5, 0.6) is 0 Å². The van der Waals surface area contributed by atoms with Crippen LogP contribution in [0.25, 0.3) is 0 Å². The summed E-state index contributed by atoms with van der Waals surface area (Å²) in [7, 11) is 0. The molecule has 0 atom stereocenters. The van der Waals surface area contributed by atoms with Crippen molar-refractivity contribution in [3.8, 4) is 0 Å². The molecule has 7 heteroatoms. The second-order valence-electron chi connectivity index (χ2n) is 4.32. The van der Waals surface area contributed by atoms with Gasteiger partial charge in [0.15, 0.2) is 0 Å². The standard InChI is InChI=1S/C10H15F3N2OS/c11-10(12,13)6-3-7(16)15-9(8(14)17)4-1-2-5-9/h1-6H2,(H2,14,17)(H,15,16). The lowest BCUT2D eigenvalue weighted by molar-refractivity contribution is -0.144. The molecule has 1 aliphatic carbocycles. The molecule has 1 saturated carbocycles. The van der Waals surface area contributed by atoms with Crippen LogP contribution in [-0.2, 0) is 4.79 Å². The number of thiocarbonyl (C=S) groups is 1. The Morgan fingerprint density at radius 2 is 1.88 bits per heavy atom. The van der Waals surface area contributed by atoms with E-state index in [1.54, 1.807) is 0 Å². The molecular weight excluding hydrogens is 253 g/mol. The van der Waals surface area contributed by atoms with Gasteiger partial charge in [-0.2, -0.15) is 13.2 Å². The normalized spacial score (nSPS) is 19.0. The van der Waals surface area contributed by atoms with Gasteiger partial charge in [0.25, 0.3) is 0 Å². The molecule has 1 rings (SSSR count). The lowest BCUT2D eigenvalue weighted by Crippen LogP contribution is -2.54. The number of carbonyl (C=O) groups excluding carboxylic acids is 1. The van der Waals surface area contributed by atoms with E-state index in [4.69, 9.17) is 18.0 Å². The molecule has 0 saturated heterocycles. The highest BCUT2D eigenvalue weighted by Crippen LogP contribution is 2.30. The highest BCUT2D eigenvalue weighted by atomic mass is 32.1. The topological polar surface area (TPSA) is 55.1 Å².